The quantitative estimate of drug-likeness (QED) is 0.613. The minimum atomic E-state index is 0.535. The zero-order valence-electron chi connectivity index (χ0n) is 9.93. The van der Waals surface area contributed by atoms with Crippen LogP contribution in [0.5, 0.6) is 0 Å². The molecule has 1 aromatic carbocycles. The third-order valence-corrected chi connectivity index (χ3v) is 2.75. The van der Waals surface area contributed by atoms with E-state index in [1.165, 1.54) is 30.4 Å². The topological polar surface area (TPSA) is 0 Å². The van der Waals surface area contributed by atoms with Gasteiger partial charge in [-0.15, -0.1) is 0 Å². The van der Waals surface area contributed by atoms with Crippen molar-refractivity contribution >= 4 is 0 Å². The Bertz CT molecular complexity index is 265. The Balaban J connectivity index is 0.000000293. The molecule has 1 saturated carbocycles. The molecule has 1 aromatic rings. The second kappa shape index (κ2) is 4.63. The summed E-state index contributed by atoms with van der Waals surface area (Å²) in [6.45, 7) is 8.73. The Hall–Kier alpha value is -0.780. The van der Waals surface area contributed by atoms with Crippen LogP contribution in [0.25, 0.3) is 0 Å². The summed E-state index contributed by atoms with van der Waals surface area (Å²) in [7, 11) is 0. The largest absolute Gasteiger partial charge is 0.0656 e. The van der Waals surface area contributed by atoms with Crippen LogP contribution in [0.1, 0.15) is 51.2 Å². The van der Waals surface area contributed by atoms with Gasteiger partial charge >= 0.3 is 0 Å². The van der Waals surface area contributed by atoms with E-state index in [9.17, 15) is 0 Å². The highest BCUT2D eigenvalue weighted by molar-refractivity contribution is 5.32. The molecule has 0 aliphatic heterocycles. The molecule has 0 N–H and O–H groups in total. The monoisotopic (exact) mass is 190 g/mol. The van der Waals surface area contributed by atoms with E-state index >= 15 is 0 Å². The Labute approximate surface area is 88.4 Å². The smallest absolute Gasteiger partial charge is 0.00746 e. The molecule has 0 atom stereocenters. The lowest BCUT2D eigenvalue weighted by molar-refractivity contribution is 0.787. The fourth-order valence-corrected chi connectivity index (χ4v) is 1.43. The summed E-state index contributed by atoms with van der Waals surface area (Å²) in [5.41, 5.74) is 3.41. The molecule has 2 rings (SSSR count). The number of rotatable bonds is 1. The molecule has 0 saturated heterocycles. The summed E-state index contributed by atoms with van der Waals surface area (Å²) < 4.78 is 0. The summed E-state index contributed by atoms with van der Waals surface area (Å²) >= 11 is 0. The highest BCUT2D eigenvalue weighted by Gasteiger charge is 2.38. The SMILES string of the molecule is CCC.Cc1ccc(C2(C)CC2)cc1. The van der Waals surface area contributed by atoms with Crippen LogP contribution in [0, 0.1) is 6.92 Å². The van der Waals surface area contributed by atoms with E-state index in [0.717, 1.165) is 0 Å². The summed E-state index contributed by atoms with van der Waals surface area (Å²) in [6.07, 6.45) is 3.99. The molecule has 1 aliphatic rings. The first-order chi connectivity index (χ1) is 6.62. The van der Waals surface area contributed by atoms with Crippen LogP contribution >= 0.6 is 0 Å². The van der Waals surface area contributed by atoms with Gasteiger partial charge in [-0.05, 0) is 30.7 Å². The number of hydrogen-bond donors (Lipinski definition) is 0. The second-order valence-electron chi connectivity index (χ2n) is 4.63. The van der Waals surface area contributed by atoms with Gasteiger partial charge in [-0.25, -0.2) is 0 Å². The van der Waals surface area contributed by atoms with E-state index in [4.69, 9.17) is 0 Å². The molecule has 0 unspecified atom stereocenters. The highest BCUT2D eigenvalue weighted by atomic mass is 14.4. The van der Waals surface area contributed by atoms with Crippen molar-refractivity contribution in [1.29, 1.82) is 0 Å². The van der Waals surface area contributed by atoms with Gasteiger partial charge in [0, 0.05) is 0 Å². The van der Waals surface area contributed by atoms with Crippen molar-refractivity contribution in [3.05, 3.63) is 35.4 Å². The predicted octanol–water partition coefficient (Wildman–Crippen LogP) is 4.46. The van der Waals surface area contributed by atoms with Gasteiger partial charge in [0.25, 0.3) is 0 Å². The van der Waals surface area contributed by atoms with E-state index in [1.54, 1.807) is 0 Å². The molecule has 14 heavy (non-hydrogen) atoms. The van der Waals surface area contributed by atoms with Crippen LogP contribution in [-0.2, 0) is 5.41 Å². The van der Waals surface area contributed by atoms with Crippen molar-refractivity contribution in [3.8, 4) is 0 Å². The van der Waals surface area contributed by atoms with Crippen molar-refractivity contribution in [2.75, 3.05) is 0 Å². The molecule has 0 amide bonds. The molecule has 78 valence electrons. The summed E-state index contributed by atoms with van der Waals surface area (Å²) in [4.78, 5) is 0. The van der Waals surface area contributed by atoms with Crippen LogP contribution in [0.3, 0.4) is 0 Å². The lowest BCUT2D eigenvalue weighted by atomic mass is 9.98. The molecular weight excluding hydrogens is 168 g/mol. The molecule has 1 aliphatic carbocycles. The van der Waals surface area contributed by atoms with Crippen LogP contribution in [-0.4, -0.2) is 0 Å². The Morgan fingerprint density at radius 3 is 1.86 bits per heavy atom. The maximum absolute atomic E-state index is 2.34. The average molecular weight is 190 g/mol. The molecule has 0 aromatic heterocycles. The first kappa shape index (κ1) is 11.3. The number of aryl methyl sites for hydroxylation is 1. The molecule has 0 heterocycles. The minimum Gasteiger partial charge on any atom is -0.0656 e. The first-order valence-electron chi connectivity index (χ1n) is 5.69. The number of benzene rings is 1. The van der Waals surface area contributed by atoms with Crippen LogP contribution < -0.4 is 0 Å². The fourth-order valence-electron chi connectivity index (χ4n) is 1.43. The molecular formula is C14H22. The van der Waals surface area contributed by atoms with Crippen molar-refractivity contribution in [2.24, 2.45) is 0 Å². The van der Waals surface area contributed by atoms with Gasteiger partial charge in [0.2, 0.25) is 0 Å². The zero-order chi connectivity index (χ0) is 10.6. The normalized spacial score (nSPS) is 16.9. The lowest BCUT2D eigenvalue weighted by Crippen LogP contribution is -1.98. The third kappa shape index (κ3) is 2.87. The summed E-state index contributed by atoms with van der Waals surface area (Å²) in [6, 6.07) is 8.95. The maximum atomic E-state index is 2.34. The predicted molar refractivity (Wildman–Crippen MR) is 63.7 cm³/mol. The van der Waals surface area contributed by atoms with E-state index in [-0.39, 0.29) is 0 Å². The van der Waals surface area contributed by atoms with Gasteiger partial charge in [0.15, 0.2) is 0 Å². The molecule has 0 nitrogen and oxygen atoms in total. The van der Waals surface area contributed by atoms with Crippen LogP contribution in [0.15, 0.2) is 24.3 Å². The van der Waals surface area contributed by atoms with Gasteiger partial charge in [-0.1, -0.05) is 57.0 Å². The molecule has 0 spiro atoms. The standard InChI is InChI=1S/C11H14.C3H8/c1-9-3-5-10(6-4-9)11(2)7-8-11;1-3-2/h3-6H,7-8H2,1-2H3;3H2,1-2H3. The van der Waals surface area contributed by atoms with Crippen molar-refractivity contribution in [2.45, 2.75) is 52.4 Å². The number of hydrogen-bond acceptors (Lipinski definition) is 0. The average Bonchev–Trinajstić information content (AvgIpc) is 2.87. The van der Waals surface area contributed by atoms with Crippen molar-refractivity contribution in [3.63, 3.8) is 0 Å². The van der Waals surface area contributed by atoms with Crippen LogP contribution in [0.2, 0.25) is 0 Å². The van der Waals surface area contributed by atoms with Gasteiger partial charge in [0.1, 0.15) is 0 Å². The van der Waals surface area contributed by atoms with Crippen molar-refractivity contribution in [1.82, 2.24) is 0 Å². The lowest BCUT2D eigenvalue weighted by Gasteiger charge is -2.07. The van der Waals surface area contributed by atoms with E-state index in [0.29, 0.717) is 5.41 Å². The molecule has 0 bridgehead atoms. The highest BCUT2D eigenvalue weighted by Crippen LogP contribution is 2.47. The van der Waals surface area contributed by atoms with Crippen molar-refractivity contribution < 1.29 is 0 Å². The van der Waals surface area contributed by atoms with Gasteiger partial charge in [-0.3, -0.25) is 0 Å². The van der Waals surface area contributed by atoms with E-state index in [2.05, 4.69) is 52.0 Å². The Morgan fingerprint density at radius 1 is 1.07 bits per heavy atom. The second-order valence-corrected chi connectivity index (χ2v) is 4.63. The Morgan fingerprint density at radius 2 is 1.50 bits per heavy atom. The minimum absolute atomic E-state index is 0.535. The fraction of sp³-hybridized carbons (Fsp3) is 0.571. The summed E-state index contributed by atoms with van der Waals surface area (Å²) in [5, 5.41) is 0. The van der Waals surface area contributed by atoms with Crippen LogP contribution in [0.4, 0.5) is 0 Å². The molecule has 0 heteroatoms. The Kier molecular flexibility index (Phi) is 3.74. The van der Waals surface area contributed by atoms with Gasteiger partial charge in [-0.2, -0.15) is 0 Å². The molecule has 1 fully saturated rings. The van der Waals surface area contributed by atoms with E-state index in [1.807, 2.05) is 0 Å². The molecule has 0 radical (unpaired) electrons. The van der Waals surface area contributed by atoms with E-state index < -0.39 is 0 Å². The zero-order valence-corrected chi connectivity index (χ0v) is 9.93. The maximum Gasteiger partial charge on any atom is -0.00746 e. The van der Waals surface area contributed by atoms with Gasteiger partial charge < -0.3 is 0 Å². The third-order valence-electron chi connectivity index (χ3n) is 2.75. The van der Waals surface area contributed by atoms with Gasteiger partial charge in [0.05, 0.1) is 0 Å². The first-order valence-corrected chi connectivity index (χ1v) is 5.69. The summed E-state index contributed by atoms with van der Waals surface area (Å²) in [5.74, 6) is 0.